The number of rotatable bonds is 1. The first-order valence-corrected chi connectivity index (χ1v) is 4.46. The summed E-state index contributed by atoms with van der Waals surface area (Å²) in [5.74, 6) is -1.86. The summed E-state index contributed by atoms with van der Waals surface area (Å²) >= 11 is 0. The van der Waals surface area contributed by atoms with Gasteiger partial charge in [0.15, 0.2) is 11.6 Å². The van der Waals surface area contributed by atoms with E-state index in [0.717, 1.165) is 6.07 Å². The summed E-state index contributed by atoms with van der Waals surface area (Å²) in [6.45, 7) is 5.19. The zero-order chi connectivity index (χ0) is 10.9. The Hall–Kier alpha value is -0.960. The van der Waals surface area contributed by atoms with Gasteiger partial charge in [-0.2, -0.15) is 0 Å². The van der Waals surface area contributed by atoms with Gasteiger partial charge in [-0.3, -0.25) is 0 Å². The molecular weight excluding hydrogens is 186 g/mol. The average Bonchev–Trinajstić information content (AvgIpc) is 2.07. The molecule has 14 heavy (non-hydrogen) atoms. The maximum atomic E-state index is 13.3. The van der Waals surface area contributed by atoms with Gasteiger partial charge in [0.1, 0.15) is 0 Å². The lowest BCUT2D eigenvalue weighted by Crippen LogP contribution is -2.16. The van der Waals surface area contributed by atoms with E-state index in [1.807, 2.05) is 20.8 Å². The van der Waals surface area contributed by atoms with Crippen LogP contribution in [0.25, 0.3) is 0 Å². The first-order chi connectivity index (χ1) is 6.38. The molecule has 0 atom stereocenters. The molecule has 0 amide bonds. The molecule has 0 heterocycles. The van der Waals surface area contributed by atoms with Gasteiger partial charge < -0.3 is 5.11 Å². The van der Waals surface area contributed by atoms with Crippen LogP contribution in [0.2, 0.25) is 0 Å². The number of hydrogen-bond donors (Lipinski definition) is 1. The van der Waals surface area contributed by atoms with Gasteiger partial charge in [0, 0.05) is 5.56 Å². The van der Waals surface area contributed by atoms with Crippen LogP contribution in [-0.4, -0.2) is 5.11 Å². The number of aliphatic hydroxyl groups excluding tert-OH is 1. The summed E-state index contributed by atoms with van der Waals surface area (Å²) in [7, 11) is 0. The van der Waals surface area contributed by atoms with Crippen LogP contribution < -0.4 is 0 Å². The highest BCUT2D eigenvalue weighted by atomic mass is 19.2. The van der Waals surface area contributed by atoms with Crippen LogP contribution in [0.4, 0.5) is 8.78 Å². The third-order valence-electron chi connectivity index (χ3n) is 2.16. The van der Waals surface area contributed by atoms with Crippen LogP contribution in [0, 0.1) is 11.6 Å². The van der Waals surface area contributed by atoms with Crippen LogP contribution in [-0.2, 0) is 12.0 Å². The third-order valence-corrected chi connectivity index (χ3v) is 2.16. The molecule has 1 aromatic rings. The molecule has 0 saturated carbocycles. The highest BCUT2D eigenvalue weighted by Gasteiger charge is 2.21. The summed E-state index contributed by atoms with van der Waals surface area (Å²) in [5, 5.41) is 8.98. The summed E-state index contributed by atoms with van der Waals surface area (Å²) in [6, 6.07) is 2.61. The van der Waals surface area contributed by atoms with E-state index >= 15 is 0 Å². The van der Waals surface area contributed by atoms with Gasteiger partial charge in [0.25, 0.3) is 0 Å². The van der Waals surface area contributed by atoms with Crippen molar-refractivity contribution >= 4 is 0 Å². The van der Waals surface area contributed by atoms with E-state index in [2.05, 4.69) is 0 Å². The summed E-state index contributed by atoms with van der Waals surface area (Å²) in [6.07, 6.45) is 0. The van der Waals surface area contributed by atoms with Crippen molar-refractivity contribution in [2.75, 3.05) is 0 Å². The molecule has 1 N–H and O–H groups in total. The van der Waals surface area contributed by atoms with Gasteiger partial charge in [-0.05, 0) is 17.0 Å². The van der Waals surface area contributed by atoms with Crippen molar-refractivity contribution in [1.82, 2.24) is 0 Å². The van der Waals surface area contributed by atoms with E-state index in [0.29, 0.717) is 5.56 Å². The topological polar surface area (TPSA) is 20.2 Å². The van der Waals surface area contributed by atoms with Crippen LogP contribution in [0.3, 0.4) is 0 Å². The molecule has 0 fully saturated rings. The van der Waals surface area contributed by atoms with Crippen molar-refractivity contribution in [2.45, 2.75) is 32.8 Å². The largest absolute Gasteiger partial charge is 0.392 e. The van der Waals surface area contributed by atoms with Crippen LogP contribution in [0.15, 0.2) is 12.1 Å². The molecule has 0 aliphatic rings. The second-order valence-corrected chi connectivity index (χ2v) is 4.30. The van der Waals surface area contributed by atoms with E-state index in [1.165, 1.54) is 6.07 Å². The Kier molecular flexibility index (Phi) is 2.90. The average molecular weight is 200 g/mol. The summed E-state index contributed by atoms with van der Waals surface area (Å²) in [5.41, 5.74) is 0.392. The highest BCUT2D eigenvalue weighted by Crippen LogP contribution is 2.28. The zero-order valence-corrected chi connectivity index (χ0v) is 8.56. The Labute approximate surface area is 82.4 Å². The van der Waals surface area contributed by atoms with Gasteiger partial charge in [0.2, 0.25) is 0 Å². The predicted octanol–water partition coefficient (Wildman–Crippen LogP) is 2.75. The molecule has 1 aromatic carbocycles. The summed E-state index contributed by atoms with van der Waals surface area (Å²) in [4.78, 5) is 0. The molecule has 0 radical (unpaired) electrons. The Balaban J connectivity index is 3.39. The van der Waals surface area contributed by atoms with Gasteiger partial charge in [-0.1, -0.05) is 26.8 Å². The SMILES string of the molecule is CC(C)(C)c1ccc(F)c(F)c1CO. The Morgan fingerprint density at radius 2 is 1.79 bits per heavy atom. The van der Waals surface area contributed by atoms with Crippen molar-refractivity contribution in [3.05, 3.63) is 34.9 Å². The molecule has 0 bridgehead atoms. The van der Waals surface area contributed by atoms with Crippen molar-refractivity contribution in [2.24, 2.45) is 0 Å². The molecular formula is C11H14F2O. The molecule has 1 nitrogen and oxygen atoms in total. The van der Waals surface area contributed by atoms with E-state index in [1.54, 1.807) is 0 Å². The van der Waals surface area contributed by atoms with Gasteiger partial charge in [0.05, 0.1) is 6.61 Å². The maximum absolute atomic E-state index is 13.3. The van der Waals surface area contributed by atoms with Crippen LogP contribution in [0.5, 0.6) is 0 Å². The molecule has 1 rings (SSSR count). The number of aliphatic hydroxyl groups is 1. The molecule has 0 aromatic heterocycles. The second-order valence-electron chi connectivity index (χ2n) is 4.30. The van der Waals surface area contributed by atoms with Gasteiger partial charge in [-0.15, -0.1) is 0 Å². The Morgan fingerprint density at radius 1 is 1.21 bits per heavy atom. The normalized spacial score (nSPS) is 11.9. The maximum Gasteiger partial charge on any atom is 0.164 e. The van der Waals surface area contributed by atoms with Crippen LogP contribution >= 0.6 is 0 Å². The Morgan fingerprint density at radius 3 is 2.21 bits per heavy atom. The molecule has 0 saturated heterocycles. The number of halogens is 2. The van der Waals surface area contributed by atoms with E-state index in [-0.39, 0.29) is 11.0 Å². The number of benzene rings is 1. The van der Waals surface area contributed by atoms with E-state index in [4.69, 9.17) is 5.11 Å². The van der Waals surface area contributed by atoms with Gasteiger partial charge >= 0.3 is 0 Å². The lowest BCUT2D eigenvalue weighted by molar-refractivity contribution is 0.269. The first-order valence-electron chi connectivity index (χ1n) is 4.46. The fourth-order valence-corrected chi connectivity index (χ4v) is 1.45. The quantitative estimate of drug-likeness (QED) is 0.739. The van der Waals surface area contributed by atoms with E-state index in [9.17, 15) is 8.78 Å². The lowest BCUT2D eigenvalue weighted by atomic mass is 9.83. The molecule has 0 spiro atoms. The van der Waals surface area contributed by atoms with Crippen molar-refractivity contribution < 1.29 is 13.9 Å². The smallest absolute Gasteiger partial charge is 0.164 e. The number of hydrogen-bond acceptors (Lipinski definition) is 1. The molecule has 0 unspecified atom stereocenters. The lowest BCUT2D eigenvalue weighted by Gasteiger charge is -2.22. The minimum absolute atomic E-state index is 0.0532. The van der Waals surface area contributed by atoms with Crippen molar-refractivity contribution in [1.29, 1.82) is 0 Å². The molecule has 78 valence electrons. The third kappa shape index (κ3) is 1.93. The van der Waals surface area contributed by atoms with Crippen LogP contribution in [0.1, 0.15) is 31.9 Å². The first kappa shape index (κ1) is 11.1. The van der Waals surface area contributed by atoms with Crippen molar-refractivity contribution in [3.63, 3.8) is 0 Å². The summed E-state index contributed by atoms with van der Waals surface area (Å²) < 4.78 is 26.1. The zero-order valence-electron chi connectivity index (χ0n) is 8.56. The fraction of sp³-hybridized carbons (Fsp3) is 0.455. The molecule has 0 aliphatic carbocycles. The minimum Gasteiger partial charge on any atom is -0.392 e. The second kappa shape index (κ2) is 3.65. The van der Waals surface area contributed by atoms with E-state index < -0.39 is 18.2 Å². The molecule has 0 aliphatic heterocycles. The van der Waals surface area contributed by atoms with Gasteiger partial charge in [-0.25, -0.2) is 8.78 Å². The molecule has 3 heteroatoms. The highest BCUT2D eigenvalue weighted by molar-refractivity contribution is 5.34. The monoisotopic (exact) mass is 200 g/mol. The minimum atomic E-state index is -0.945. The predicted molar refractivity (Wildman–Crippen MR) is 51.0 cm³/mol. The Bertz CT molecular complexity index is 340. The fourth-order valence-electron chi connectivity index (χ4n) is 1.45. The van der Waals surface area contributed by atoms with Crippen molar-refractivity contribution in [3.8, 4) is 0 Å². The standard InChI is InChI=1S/C11H14F2O/c1-11(2,3)8-4-5-9(12)10(13)7(8)6-14/h4-5,14H,6H2,1-3H3.